The number of aryl methyl sites for hydroxylation is 1. The van der Waals surface area contributed by atoms with Crippen molar-refractivity contribution < 1.29 is 22.7 Å². The van der Waals surface area contributed by atoms with Crippen molar-refractivity contribution in [1.29, 1.82) is 0 Å². The quantitative estimate of drug-likeness (QED) is 0.597. The minimum atomic E-state index is -4.74. The van der Waals surface area contributed by atoms with Crippen molar-refractivity contribution in [3.63, 3.8) is 0 Å². The first kappa shape index (κ1) is 21.6. The van der Waals surface area contributed by atoms with E-state index < -0.39 is 12.3 Å². The number of carbonyl (C=O) groups is 1. The topological polar surface area (TPSA) is 69.0 Å². The van der Waals surface area contributed by atoms with E-state index in [2.05, 4.69) is 20.1 Å². The van der Waals surface area contributed by atoms with Gasteiger partial charge in [0.05, 0.1) is 5.02 Å². The van der Waals surface area contributed by atoms with E-state index in [9.17, 15) is 18.0 Å². The van der Waals surface area contributed by atoms with Crippen molar-refractivity contribution >= 4 is 23.5 Å². The van der Waals surface area contributed by atoms with Gasteiger partial charge in [0.15, 0.2) is 5.82 Å². The molecule has 1 N–H and O–H groups in total. The fourth-order valence-electron chi connectivity index (χ4n) is 2.76. The molecule has 1 unspecified atom stereocenters. The molecular weight excluding hydrogens is 421 g/mol. The Morgan fingerprint density at radius 2 is 1.87 bits per heavy atom. The standard InChI is InChI=1S/C20H18ClF3N4O2/c1-12(11-13-7-9-14(10-8-13)30-20(22,23)24)18(29)26-19-25-17(27-28(19)2)15-5-3-4-6-16(15)21/h3-10,12H,11H2,1-2H3,(H,25,26,27,29). The number of hydrogen-bond donors (Lipinski definition) is 1. The number of hydrogen-bond acceptors (Lipinski definition) is 4. The van der Waals surface area contributed by atoms with Gasteiger partial charge in [-0.15, -0.1) is 18.3 Å². The lowest BCUT2D eigenvalue weighted by Gasteiger charge is -2.12. The molecule has 1 aromatic heterocycles. The molecule has 1 atom stereocenters. The summed E-state index contributed by atoms with van der Waals surface area (Å²) < 4.78 is 42.0. The van der Waals surface area contributed by atoms with E-state index in [1.165, 1.54) is 28.9 Å². The van der Waals surface area contributed by atoms with Gasteiger partial charge in [0.2, 0.25) is 11.9 Å². The van der Waals surface area contributed by atoms with Gasteiger partial charge in [-0.3, -0.25) is 10.1 Å². The second-order valence-electron chi connectivity index (χ2n) is 6.65. The van der Waals surface area contributed by atoms with Crippen LogP contribution in [0.3, 0.4) is 0 Å². The molecule has 0 saturated carbocycles. The number of anilines is 1. The largest absolute Gasteiger partial charge is 0.573 e. The maximum atomic E-state index is 12.5. The van der Waals surface area contributed by atoms with Crippen molar-refractivity contribution in [3.05, 3.63) is 59.1 Å². The van der Waals surface area contributed by atoms with E-state index in [4.69, 9.17) is 11.6 Å². The molecule has 0 saturated heterocycles. The number of carbonyl (C=O) groups excluding carboxylic acids is 1. The first-order valence-corrected chi connectivity index (χ1v) is 9.31. The van der Waals surface area contributed by atoms with Crippen LogP contribution in [0.15, 0.2) is 48.5 Å². The average molecular weight is 439 g/mol. The minimum absolute atomic E-state index is 0.260. The van der Waals surface area contributed by atoms with Gasteiger partial charge in [-0.1, -0.05) is 42.8 Å². The molecule has 0 aliphatic rings. The number of nitrogens with zero attached hydrogens (tertiary/aromatic N) is 3. The smallest absolute Gasteiger partial charge is 0.406 e. The zero-order valence-corrected chi connectivity index (χ0v) is 16.8. The summed E-state index contributed by atoms with van der Waals surface area (Å²) in [6.07, 6.45) is -4.42. The Morgan fingerprint density at radius 1 is 1.20 bits per heavy atom. The minimum Gasteiger partial charge on any atom is -0.406 e. The van der Waals surface area contributed by atoms with Crippen LogP contribution in [-0.4, -0.2) is 27.0 Å². The molecule has 6 nitrogen and oxygen atoms in total. The molecule has 0 bridgehead atoms. The fraction of sp³-hybridized carbons (Fsp3) is 0.250. The van der Waals surface area contributed by atoms with Gasteiger partial charge >= 0.3 is 6.36 Å². The van der Waals surface area contributed by atoms with Gasteiger partial charge in [-0.25, -0.2) is 4.68 Å². The molecule has 0 radical (unpaired) electrons. The summed E-state index contributed by atoms with van der Waals surface area (Å²) in [6, 6.07) is 12.5. The fourth-order valence-corrected chi connectivity index (χ4v) is 2.98. The summed E-state index contributed by atoms with van der Waals surface area (Å²) in [5.74, 6) is -0.428. The Labute approximate surface area is 175 Å². The third kappa shape index (κ3) is 5.50. The van der Waals surface area contributed by atoms with Gasteiger partial charge < -0.3 is 4.74 Å². The molecule has 30 heavy (non-hydrogen) atoms. The molecule has 158 valence electrons. The van der Waals surface area contributed by atoms with Crippen LogP contribution in [0.4, 0.5) is 19.1 Å². The average Bonchev–Trinajstić information content (AvgIpc) is 3.02. The Morgan fingerprint density at radius 3 is 2.50 bits per heavy atom. The highest BCUT2D eigenvalue weighted by atomic mass is 35.5. The maximum absolute atomic E-state index is 12.5. The Hall–Kier alpha value is -3.07. The molecule has 1 amide bonds. The van der Waals surface area contributed by atoms with Crippen LogP contribution in [0.25, 0.3) is 11.4 Å². The SMILES string of the molecule is CC(Cc1ccc(OC(F)(F)F)cc1)C(=O)Nc1nc(-c2ccccc2Cl)nn1C. The van der Waals surface area contributed by atoms with E-state index >= 15 is 0 Å². The van der Waals surface area contributed by atoms with Gasteiger partial charge in [-0.2, -0.15) is 4.98 Å². The molecule has 1 heterocycles. The van der Waals surface area contributed by atoms with Gasteiger partial charge in [-0.05, 0) is 36.2 Å². The Kier molecular flexibility index (Phi) is 6.31. The third-order valence-corrected chi connectivity index (χ3v) is 4.59. The molecule has 0 aliphatic heterocycles. The second kappa shape index (κ2) is 8.74. The number of benzene rings is 2. The number of alkyl halides is 3. The number of amides is 1. The zero-order chi connectivity index (χ0) is 21.9. The summed E-state index contributed by atoms with van der Waals surface area (Å²) in [6.45, 7) is 1.71. The monoisotopic (exact) mass is 438 g/mol. The molecule has 0 fully saturated rings. The van der Waals surface area contributed by atoms with Crippen LogP contribution in [-0.2, 0) is 18.3 Å². The lowest BCUT2D eigenvalue weighted by molar-refractivity contribution is -0.274. The Bertz CT molecular complexity index is 1040. The van der Waals surface area contributed by atoms with Crippen molar-refractivity contribution in [1.82, 2.24) is 14.8 Å². The first-order valence-electron chi connectivity index (χ1n) is 8.94. The van der Waals surface area contributed by atoms with Crippen molar-refractivity contribution in [2.45, 2.75) is 19.7 Å². The maximum Gasteiger partial charge on any atom is 0.573 e. The highest BCUT2D eigenvalue weighted by Gasteiger charge is 2.31. The highest BCUT2D eigenvalue weighted by Crippen LogP contribution is 2.26. The van der Waals surface area contributed by atoms with Crippen LogP contribution in [0, 0.1) is 5.92 Å². The highest BCUT2D eigenvalue weighted by molar-refractivity contribution is 6.33. The lowest BCUT2D eigenvalue weighted by atomic mass is 10.0. The van der Waals surface area contributed by atoms with Gasteiger partial charge in [0.25, 0.3) is 0 Å². The number of aromatic nitrogens is 3. The van der Waals surface area contributed by atoms with Crippen LogP contribution in [0.1, 0.15) is 12.5 Å². The van der Waals surface area contributed by atoms with E-state index in [0.717, 1.165) is 0 Å². The van der Waals surface area contributed by atoms with Crippen LogP contribution < -0.4 is 10.1 Å². The van der Waals surface area contributed by atoms with Crippen molar-refractivity contribution in [2.75, 3.05) is 5.32 Å². The number of ether oxygens (including phenoxy) is 1. The van der Waals surface area contributed by atoms with Crippen LogP contribution >= 0.6 is 11.6 Å². The predicted molar refractivity (Wildman–Crippen MR) is 106 cm³/mol. The normalized spacial score (nSPS) is 12.5. The summed E-state index contributed by atoms with van der Waals surface area (Å²) in [5.41, 5.74) is 1.34. The molecule has 3 rings (SSSR count). The number of halogens is 4. The number of rotatable bonds is 6. The number of nitrogens with one attached hydrogen (secondary N) is 1. The molecule has 0 aliphatic carbocycles. The van der Waals surface area contributed by atoms with Crippen LogP contribution in [0.5, 0.6) is 5.75 Å². The molecule has 0 spiro atoms. The zero-order valence-electron chi connectivity index (χ0n) is 16.1. The summed E-state index contributed by atoms with van der Waals surface area (Å²) in [4.78, 5) is 16.9. The molecule has 10 heteroatoms. The molecule has 2 aromatic carbocycles. The second-order valence-corrected chi connectivity index (χ2v) is 7.06. The predicted octanol–water partition coefficient (Wildman–Crippen LogP) is 4.85. The van der Waals surface area contributed by atoms with E-state index in [0.29, 0.717) is 28.4 Å². The van der Waals surface area contributed by atoms with Gasteiger partial charge in [0, 0.05) is 18.5 Å². The summed E-state index contributed by atoms with van der Waals surface area (Å²) >= 11 is 6.17. The van der Waals surface area contributed by atoms with Crippen LogP contribution in [0.2, 0.25) is 5.02 Å². The van der Waals surface area contributed by atoms with E-state index in [1.807, 2.05) is 6.07 Å². The van der Waals surface area contributed by atoms with Crippen molar-refractivity contribution in [2.24, 2.45) is 13.0 Å². The molecule has 3 aromatic rings. The van der Waals surface area contributed by atoms with Gasteiger partial charge in [0.1, 0.15) is 5.75 Å². The Balaban J connectivity index is 1.64. The lowest BCUT2D eigenvalue weighted by Crippen LogP contribution is -2.24. The summed E-state index contributed by atoms with van der Waals surface area (Å²) in [5, 5.41) is 7.49. The van der Waals surface area contributed by atoms with E-state index in [-0.39, 0.29) is 17.6 Å². The third-order valence-electron chi connectivity index (χ3n) is 4.26. The van der Waals surface area contributed by atoms with Crippen molar-refractivity contribution in [3.8, 4) is 17.1 Å². The first-order chi connectivity index (χ1) is 14.1. The van der Waals surface area contributed by atoms with E-state index in [1.54, 1.807) is 32.2 Å². The molecular formula is C20H18ClF3N4O2. The summed E-state index contributed by atoms with van der Waals surface area (Å²) in [7, 11) is 1.65.